The molecule has 0 N–H and O–H groups in total. The van der Waals surface area contributed by atoms with Crippen molar-refractivity contribution >= 4 is 22.7 Å². The molecule has 0 radical (unpaired) electrons. The minimum Gasteiger partial charge on any atom is -0.464 e. The van der Waals surface area contributed by atoms with Gasteiger partial charge in [0.05, 0.1) is 19.2 Å². The van der Waals surface area contributed by atoms with Crippen LogP contribution >= 0.6 is 0 Å². The number of carbonyl (C=O) groups excluding carboxylic acids is 2. The van der Waals surface area contributed by atoms with Gasteiger partial charge in [0.25, 0.3) is 0 Å². The maximum Gasteiger partial charge on any atom is 0.227 e. The number of likely N-dealkylation sites (tertiary alicyclic amines) is 1. The molecule has 1 saturated heterocycles. The van der Waals surface area contributed by atoms with Crippen LogP contribution in [-0.4, -0.2) is 29.7 Å². The van der Waals surface area contributed by atoms with Crippen LogP contribution in [0.1, 0.15) is 18.4 Å². The van der Waals surface area contributed by atoms with Crippen LogP contribution in [0.2, 0.25) is 0 Å². The Hall–Kier alpha value is -2.10. The zero-order chi connectivity index (χ0) is 13.2. The molecule has 0 spiro atoms. The quantitative estimate of drug-likeness (QED) is 0.828. The summed E-state index contributed by atoms with van der Waals surface area (Å²) in [5, 5.41) is 0.971. The maximum atomic E-state index is 12.2. The fourth-order valence-corrected chi connectivity index (χ4v) is 2.50. The van der Waals surface area contributed by atoms with Crippen LogP contribution in [0.5, 0.6) is 0 Å². The molecule has 98 valence electrons. The second-order valence-corrected chi connectivity index (χ2v) is 4.89. The minimum absolute atomic E-state index is 0.000368. The summed E-state index contributed by atoms with van der Waals surface area (Å²) in [6.45, 7) is 0.939. The SMILES string of the molecule is O=C1CCCN(C(=O)Cc2coc3ccccc23)C1. The highest BCUT2D eigenvalue weighted by molar-refractivity contribution is 5.91. The number of ketones is 1. The van der Waals surface area contributed by atoms with E-state index < -0.39 is 0 Å². The van der Waals surface area contributed by atoms with E-state index in [0.717, 1.165) is 23.0 Å². The van der Waals surface area contributed by atoms with E-state index in [1.807, 2.05) is 24.3 Å². The number of hydrogen-bond acceptors (Lipinski definition) is 3. The molecule has 4 heteroatoms. The average Bonchev–Trinajstić information content (AvgIpc) is 2.82. The van der Waals surface area contributed by atoms with Gasteiger partial charge in [-0.1, -0.05) is 18.2 Å². The molecular formula is C15H15NO3. The molecule has 1 aliphatic heterocycles. The smallest absolute Gasteiger partial charge is 0.227 e. The lowest BCUT2D eigenvalue weighted by molar-refractivity contribution is -0.137. The number of nitrogens with zero attached hydrogens (tertiary/aromatic N) is 1. The van der Waals surface area contributed by atoms with Crippen molar-refractivity contribution in [3.8, 4) is 0 Å². The molecule has 0 unspecified atom stereocenters. The maximum absolute atomic E-state index is 12.2. The third kappa shape index (κ3) is 2.38. The third-order valence-corrected chi connectivity index (χ3v) is 3.51. The Morgan fingerprint density at radius 2 is 2.16 bits per heavy atom. The van der Waals surface area contributed by atoms with Gasteiger partial charge >= 0.3 is 0 Å². The molecule has 1 fully saturated rings. The second kappa shape index (κ2) is 4.88. The Kier molecular flexibility index (Phi) is 3.07. The highest BCUT2D eigenvalue weighted by Gasteiger charge is 2.22. The molecule has 1 aliphatic rings. The Bertz CT molecular complexity index is 629. The topological polar surface area (TPSA) is 50.5 Å². The third-order valence-electron chi connectivity index (χ3n) is 3.51. The highest BCUT2D eigenvalue weighted by atomic mass is 16.3. The van der Waals surface area contributed by atoms with Gasteiger partial charge in [0.2, 0.25) is 5.91 Å². The first kappa shape index (κ1) is 12.0. The first-order valence-electron chi connectivity index (χ1n) is 6.48. The fraction of sp³-hybridized carbons (Fsp3) is 0.333. The highest BCUT2D eigenvalue weighted by Crippen LogP contribution is 2.22. The lowest BCUT2D eigenvalue weighted by Gasteiger charge is -2.25. The number of hydrogen-bond donors (Lipinski definition) is 0. The number of piperidine rings is 1. The van der Waals surface area contributed by atoms with E-state index in [0.29, 0.717) is 19.4 Å². The van der Waals surface area contributed by atoms with Gasteiger partial charge < -0.3 is 9.32 Å². The van der Waals surface area contributed by atoms with Gasteiger partial charge in [-0.3, -0.25) is 9.59 Å². The molecule has 3 rings (SSSR count). The number of rotatable bonds is 2. The number of amides is 1. The first-order chi connectivity index (χ1) is 9.24. The van der Waals surface area contributed by atoms with Crippen molar-refractivity contribution in [2.45, 2.75) is 19.3 Å². The van der Waals surface area contributed by atoms with Crippen molar-refractivity contribution in [1.82, 2.24) is 4.90 Å². The Labute approximate surface area is 111 Å². The van der Waals surface area contributed by atoms with Gasteiger partial charge in [0.1, 0.15) is 5.58 Å². The number of Topliss-reactive ketones (excluding diaryl/α,β-unsaturated/α-hetero) is 1. The lowest BCUT2D eigenvalue weighted by Crippen LogP contribution is -2.40. The summed E-state index contributed by atoms with van der Waals surface area (Å²) >= 11 is 0. The standard InChI is InChI=1S/C15H15NO3/c17-12-4-3-7-16(9-12)15(18)8-11-10-19-14-6-2-1-5-13(11)14/h1-2,5-6,10H,3-4,7-9H2. The predicted molar refractivity (Wildman–Crippen MR) is 70.7 cm³/mol. The van der Waals surface area contributed by atoms with Crippen LogP contribution in [0, 0.1) is 0 Å². The van der Waals surface area contributed by atoms with Crippen molar-refractivity contribution in [2.24, 2.45) is 0 Å². The van der Waals surface area contributed by atoms with E-state index in [4.69, 9.17) is 4.42 Å². The molecule has 0 atom stereocenters. The molecule has 1 aromatic heterocycles. The van der Waals surface area contributed by atoms with Crippen LogP contribution in [0.3, 0.4) is 0 Å². The number of carbonyl (C=O) groups is 2. The molecule has 1 aromatic carbocycles. The van der Waals surface area contributed by atoms with Gasteiger partial charge in [-0.25, -0.2) is 0 Å². The van der Waals surface area contributed by atoms with Crippen molar-refractivity contribution in [3.05, 3.63) is 36.1 Å². The van der Waals surface area contributed by atoms with Crippen LogP contribution < -0.4 is 0 Å². The predicted octanol–water partition coefficient (Wildman–Crippen LogP) is 2.17. The summed E-state index contributed by atoms with van der Waals surface area (Å²) in [5.41, 5.74) is 1.68. The van der Waals surface area contributed by atoms with Gasteiger partial charge in [-0.05, 0) is 12.5 Å². The fourth-order valence-electron chi connectivity index (χ4n) is 2.50. The van der Waals surface area contributed by atoms with Gasteiger partial charge in [-0.2, -0.15) is 0 Å². The van der Waals surface area contributed by atoms with E-state index in [2.05, 4.69) is 0 Å². The number of benzene rings is 1. The van der Waals surface area contributed by atoms with Crippen LogP contribution in [0.25, 0.3) is 11.0 Å². The summed E-state index contributed by atoms with van der Waals surface area (Å²) in [4.78, 5) is 25.2. The monoisotopic (exact) mass is 257 g/mol. The summed E-state index contributed by atoms with van der Waals surface area (Å²) < 4.78 is 5.42. The molecule has 2 heterocycles. The summed E-state index contributed by atoms with van der Waals surface area (Å²) in [6, 6.07) is 7.66. The van der Waals surface area contributed by atoms with Crippen LogP contribution in [0.4, 0.5) is 0 Å². The number of fused-ring (bicyclic) bond motifs is 1. The average molecular weight is 257 g/mol. The lowest BCUT2D eigenvalue weighted by atomic mass is 10.1. The molecular weight excluding hydrogens is 242 g/mol. The number of furan rings is 1. The van der Waals surface area contributed by atoms with Crippen molar-refractivity contribution in [3.63, 3.8) is 0 Å². The molecule has 1 amide bonds. The van der Waals surface area contributed by atoms with Gasteiger partial charge in [-0.15, -0.1) is 0 Å². The molecule has 4 nitrogen and oxygen atoms in total. The Morgan fingerprint density at radius 1 is 1.32 bits per heavy atom. The van der Waals surface area contributed by atoms with Crippen molar-refractivity contribution < 1.29 is 14.0 Å². The second-order valence-electron chi connectivity index (χ2n) is 4.89. The van der Waals surface area contributed by atoms with Crippen LogP contribution in [0.15, 0.2) is 34.9 Å². The first-order valence-corrected chi connectivity index (χ1v) is 6.48. The van der Waals surface area contributed by atoms with Gasteiger partial charge in [0, 0.05) is 23.9 Å². The van der Waals surface area contributed by atoms with Crippen molar-refractivity contribution in [2.75, 3.05) is 13.1 Å². The molecule has 0 saturated carbocycles. The van der Waals surface area contributed by atoms with E-state index >= 15 is 0 Å². The van der Waals surface area contributed by atoms with Gasteiger partial charge in [0.15, 0.2) is 5.78 Å². The van der Waals surface area contributed by atoms with E-state index in [9.17, 15) is 9.59 Å². The number of para-hydroxylation sites is 1. The Balaban J connectivity index is 1.77. The van der Waals surface area contributed by atoms with E-state index in [-0.39, 0.29) is 18.2 Å². The summed E-state index contributed by atoms with van der Waals surface area (Å²) in [7, 11) is 0. The zero-order valence-electron chi connectivity index (χ0n) is 10.6. The largest absolute Gasteiger partial charge is 0.464 e. The minimum atomic E-state index is -0.000368. The molecule has 19 heavy (non-hydrogen) atoms. The molecule has 2 aromatic rings. The summed E-state index contributed by atoms with van der Waals surface area (Å²) in [6.07, 6.45) is 3.30. The van der Waals surface area contributed by atoms with Crippen molar-refractivity contribution in [1.29, 1.82) is 0 Å². The summed E-state index contributed by atoms with van der Waals surface area (Å²) in [5.74, 6) is 0.149. The zero-order valence-corrected chi connectivity index (χ0v) is 10.6. The van der Waals surface area contributed by atoms with E-state index in [1.165, 1.54) is 0 Å². The molecule has 0 bridgehead atoms. The normalized spacial score (nSPS) is 16.0. The van der Waals surface area contributed by atoms with Crippen LogP contribution in [-0.2, 0) is 16.0 Å². The Morgan fingerprint density at radius 3 is 3.00 bits per heavy atom. The molecule has 0 aliphatic carbocycles. The van der Waals surface area contributed by atoms with E-state index in [1.54, 1.807) is 11.2 Å².